The first-order chi connectivity index (χ1) is 11.5. The molecule has 1 aliphatic carbocycles. The Balaban J connectivity index is 2.32. The van der Waals surface area contributed by atoms with Crippen LogP contribution in [0.1, 0.15) is 26.3 Å². The van der Waals surface area contributed by atoms with E-state index >= 15 is 0 Å². The van der Waals surface area contributed by atoms with E-state index in [1.165, 1.54) is 5.56 Å². The molecule has 1 aromatic carbocycles. The van der Waals surface area contributed by atoms with Crippen molar-refractivity contribution in [1.29, 1.82) is 0 Å². The van der Waals surface area contributed by atoms with Crippen molar-refractivity contribution >= 4 is 24.8 Å². The Morgan fingerprint density at radius 1 is 1.24 bits per heavy atom. The van der Waals surface area contributed by atoms with Gasteiger partial charge in [0.15, 0.2) is 0 Å². The van der Waals surface area contributed by atoms with Crippen LogP contribution in [0.2, 0.25) is 25.7 Å². The first-order valence-corrected chi connectivity index (χ1v) is 14.0. The van der Waals surface area contributed by atoms with Crippen molar-refractivity contribution in [2.24, 2.45) is 17.3 Å². The molecular weight excluding hydrogens is 348 g/mol. The van der Waals surface area contributed by atoms with Gasteiger partial charge in [-0.2, -0.15) is 0 Å². The van der Waals surface area contributed by atoms with Gasteiger partial charge in [0.1, 0.15) is 0 Å². The summed E-state index contributed by atoms with van der Waals surface area (Å²) in [4.78, 5) is 13.3. The molecule has 0 bridgehead atoms. The van der Waals surface area contributed by atoms with Crippen LogP contribution >= 0.6 is 0 Å². The second-order valence-corrected chi connectivity index (χ2v) is 16.2. The summed E-state index contributed by atoms with van der Waals surface area (Å²) in [6.45, 7) is 15.4. The number of ether oxygens (including phenoxy) is 1. The third-order valence-electron chi connectivity index (χ3n) is 5.19. The lowest BCUT2D eigenvalue weighted by Crippen LogP contribution is -2.32. The van der Waals surface area contributed by atoms with Crippen LogP contribution in [-0.4, -0.2) is 30.1 Å². The summed E-state index contributed by atoms with van der Waals surface area (Å²) in [5.74, 6) is -0.136. The molecule has 140 valence electrons. The van der Waals surface area contributed by atoms with Crippen molar-refractivity contribution in [3.8, 4) is 0 Å². The maximum Gasteiger partial charge on any atom is 0.309 e. The lowest BCUT2D eigenvalue weighted by molar-refractivity contribution is -0.145. The highest BCUT2D eigenvalue weighted by Crippen LogP contribution is 2.62. The molecule has 1 saturated carbocycles. The van der Waals surface area contributed by atoms with E-state index in [0.29, 0.717) is 6.61 Å². The molecule has 4 atom stereocenters. The molecule has 5 heteroatoms. The molecule has 1 fully saturated rings. The fourth-order valence-electron chi connectivity index (χ4n) is 3.84. The maximum atomic E-state index is 13.4. The van der Waals surface area contributed by atoms with Crippen molar-refractivity contribution < 1.29 is 13.7 Å². The van der Waals surface area contributed by atoms with Crippen LogP contribution in [0, 0.1) is 24.2 Å². The fourth-order valence-corrected chi connectivity index (χ4v) is 8.93. The standard InChI is InChI=1S/C20H32O3SSi/c1-8-23-19(21)18-17(20(18,3)4)16(13-25(5,6)7)24(22)15-11-9-14(2)10-12-15/h9-12,16-18H,8,13H2,1-7H3/t16-,17+,18-,24?/m0/s1. The van der Waals surface area contributed by atoms with E-state index in [2.05, 4.69) is 33.5 Å². The lowest BCUT2D eigenvalue weighted by atomic mass is 10.1. The van der Waals surface area contributed by atoms with Crippen molar-refractivity contribution in [1.82, 2.24) is 0 Å². The summed E-state index contributed by atoms with van der Waals surface area (Å²) in [5, 5.41) is 0.0128. The second kappa shape index (κ2) is 7.35. The summed E-state index contributed by atoms with van der Waals surface area (Å²) in [6.07, 6.45) is 0. The smallest absolute Gasteiger partial charge is 0.309 e. The van der Waals surface area contributed by atoms with Gasteiger partial charge in [0.05, 0.1) is 23.3 Å². The highest BCUT2D eigenvalue weighted by molar-refractivity contribution is 7.85. The van der Waals surface area contributed by atoms with Crippen LogP contribution in [-0.2, 0) is 20.3 Å². The molecule has 0 aliphatic heterocycles. The number of hydrogen-bond donors (Lipinski definition) is 0. The van der Waals surface area contributed by atoms with Crippen LogP contribution in [0.4, 0.5) is 0 Å². The van der Waals surface area contributed by atoms with Gasteiger partial charge >= 0.3 is 5.97 Å². The zero-order valence-electron chi connectivity index (χ0n) is 16.6. The summed E-state index contributed by atoms with van der Waals surface area (Å²) < 4.78 is 18.7. The fraction of sp³-hybridized carbons (Fsp3) is 0.650. The van der Waals surface area contributed by atoms with Crippen LogP contribution in [0.25, 0.3) is 0 Å². The number of benzene rings is 1. The molecule has 1 aliphatic rings. The van der Waals surface area contributed by atoms with E-state index in [1.807, 2.05) is 38.1 Å². The number of esters is 1. The molecule has 0 aromatic heterocycles. The number of carbonyl (C=O) groups is 1. The van der Waals surface area contributed by atoms with E-state index < -0.39 is 18.9 Å². The molecule has 0 radical (unpaired) electrons. The SMILES string of the molecule is CCOC(=O)[C@@H]1[C@@H]([C@H](C[Si](C)(C)C)S(=O)c2ccc(C)cc2)C1(C)C. The molecule has 3 nitrogen and oxygen atoms in total. The van der Waals surface area contributed by atoms with Gasteiger partial charge in [0, 0.05) is 18.2 Å². The summed E-state index contributed by atoms with van der Waals surface area (Å²) in [7, 11) is -2.54. The molecule has 1 unspecified atom stereocenters. The number of carbonyl (C=O) groups excluding carboxylic acids is 1. The minimum absolute atomic E-state index is 0.0128. The van der Waals surface area contributed by atoms with E-state index in [9.17, 15) is 9.00 Å². The quantitative estimate of drug-likeness (QED) is 0.511. The van der Waals surface area contributed by atoms with Crippen molar-refractivity contribution in [3.05, 3.63) is 29.8 Å². The van der Waals surface area contributed by atoms with Crippen molar-refractivity contribution in [2.75, 3.05) is 6.61 Å². The van der Waals surface area contributed by atoms with Crippen LogP contribution in [0.5, 0.6) is 0 Å². The monoisotopic (exact) mass is 380 g/mol. The largest absolute Gasteiger partial charge is 0.466 e. The van der Waals surface area contributed by atoms with Gasteiger partial charge in [0.2, 0.25) is 0 Å². The minimum Gasteiger partial charge on any atom is -0.466 e. The van der Waals surface area contributed by atoms with Gasteiger partial charge in [-0.15, -0.1) is 0 Å². The van der Waals surface area contributed by atoms with Crippen LogP contribution in [0.15, 0.2) is 29.2 Å². The average molecular weight is 381 g/mol. The van der Waals surface area contributed by atoms with Crippen molar-refractivity contribution in [2.45, 2.75) is 63.5 Å². The third kappa shape index (κ3) is 4.62. The van der Waals surface area contributed by atoms with Gasteiger partial charge in [-0.1, -0.05) is 51.2 Å². The molecule has 0 N–H and O–H groups in total. The number of aryl methyl sites for hydroxylation is 1. The van der Waals surface area contributed by atoms with Crippen LogP contribution < -0.4 is 0 Å². The Morgan fingerprint density at radius 3 is 2.28 bits per heavy atom. The number of hydrogen-bond acceptors (Lipinski definition) is 3. The Bertz CT molecular complexity index is 646. The molecular formula is C20H32O3SSi. The lowest BCUT2D eigenvalue weighted by Gasteiger charge is -2.25. The summed E-state index contributed by atoms with van der Waals surface area (Å²) >= 11 is 0. The Hall–Kier alpha value is -0.943. The zero-order chi connectivity index (χ0) is 19.0. The molecule has 0 heterocycles. The molecule has 0 saturated heterocycles. The molecule has 0 spiro atoms. The van der Waals surface area contributed by atoms with Gasteiger partial charge in [0.25, 0.3) is 0 Å². The first-order valence-electron chi connectivity index (χ1n) is 9.13. The molecule has 0 amide bonds. The van der Waals surface area contributed by atoms with E-state index in [-0.39, 0.29) is 28.5 Å². The predicted octanol–water partition coefficient (Wildman–Crippen LogP) is 4.64. The molecule has 25 heavy (non-hydrogen) atoms. The average Bonchev–Trinajstić information content (AvgIpc) is 3.06. The van der Waals surface area contributed by atoms with Crippen LogP contribution in [0.3, 0.4) is 0 Å². The van der Waals surface area contributed by atoms with Crippen molar-refractivity contribution in [3.63, 3.8) is 0 Å². The Kier molecular flexibility index (Phi) is 5.99. The van der Waals surface area contributed by atoms with E-state index in [1.54, 1.807) is 0 Å². The zero-order valence-corrected chi connectivity index (χ0v) is 18.4. The number of rotatable bonds is 7. The topological polar surface area (TPSA) is 43.4 Å². The molecule has 2 rings (SSSR count). The van der Waals surface area contributed by atoms with E-state index in [0.717, 1.165) is 10.9 Å². The Labute approximate surface area is 156 Å². The van der Waals surface area contributed by atoms with Gasteiger partial charge in [-0.3, -0.25) is 9.00 Å². The predicted molar refractivity (Wildman–Crippen MR) is 107 cm³/mol. The normalized spacial score (nSPS) is 24.4. The summed E-state index contributed by atoms with van der Waals surface area (Å²) in [6, 6.07) is 8.92. The highest BCUT2D eigenvalue weighted by atomic mass is 32.2. The maximum absolute atomic E-state index is 13.4. The summed E-state index contributed by atoms with van der Waals surface area (Å²) in [5.41, 5.74) is 1.02. The van der Waals surface area contributed by atoms with E-state index in [4.69, 9.17) is 4.74 Å². The first kappa shape index (κ1) is 20.4. The Morgan fingerprint density at radius 2 is 1.80 bits per heavy atom. The van der Waals surface area contributed by atoms with Gasteiger partial charge < -0.3 is 4.74 Å². The van der Waals surface area contributed by atoms with Gasteiger partial charge in [-0.05, 0) is 43.4 Å². The van der Waals surface area contributed by atoms with Gasteiger partial charge in [-0.25, -0.2) is 0 Å². The highest BCUT2D eigenvalue weighted by Gasteiger charge is 2.66. The minimum atomic E-state index is -1.44. The second-order valence-electron chi connectivity index (χ2n) is 8.99. The molecule has 1 aromatic rings. The third-order valence-corrected chi connectivity index (χ3v) is 8.90.